The Morgan fingerprint density at radius 2 is 1.85 bits per heavy atom. The van der Waals surface area contributed by atoms with E-state index in [-0.39, 0.29) is 11.1 Å². The molecule has 1 aliphatic heterocycles. The Labute approximate surface area is 122 Å². The normalized spacial score (nSPS) is 19.9. The van der Waals surface area contributed by atoms with Crippen molar-refractivity contribution >= 4 is 27.3 Å². The van der Waals surface area contributed by atoms with Crippen LogP contribution in [0.5, 0.6) is 0 Å². The Balaban J connectivity index is 1.91. The number of fused-ring (bicyclic) bond motifs is 1. The van der Waals surface area contributed by atoms with Crippen LogP contribution in [0.3, 0.4) is 0 Å². The van der Waals surface area contributed by atoms with Gasteiger partial charge in [-0.1, -0.05) is 41.9 Å². The molecule has 104 valence electrons. The molecule has 1 unspecified atom stereocenters. The summed E-state index contributed by atoms with van der Waals surface area (Å²) in [5, 5.41) is 3.58. The zero-order valence-electron chi connectivity index (χ0n) is 10.5. The number of halogens is 1. The van der Waals surface area contributed by atoms with Gasteiger partial charge in [-0.2, -0.15) is 4.72 Å². The summed E-state index contributed by atoms with van der Waals surface area (Å²) in [5.41, 5.74) is 1.64. The zero-order valence-corrected chi connectivity index (χ0v) is 12.1. The highest BCUT2D eigenvalue weighted by atomic mass is 35.5. The predicted molar refractivity (Wildman–Crippen MR) is 79.3 cm³/mol. The van der Waals surface area contributed by atoms with E-state index in [1.54, 1.807) is 12.1 Å². The Morgan fingerprint density at radius 1 is 1.10 bits per heavy atom. The van der Waals surface area contributed by atoms with Gasteiger partial charge in [0, 0.05) is 11.4 Å². The van der Waals surface area contributed by atoms with Crippen molar-refractivity contribution < 1.29 is 8.42 Å². The molecule has 2 aromatic carbocycles. The Morgan fingerprint density at radius 3 is 2.60 bits per heavy atom. The third-order valence-electron chi connectivity index (χ3n) is 3.14. The molecule has 0 aliphatic carbocycles. The lowest BCUT2D eigenvalue weighted by Gasteiger charge is -2.28. The topological polar surface area (TPSA) is 58.2 Å². The summed E-state index contributed by atoms with van der Waals surface area (Å²) < 4.78 is 27.1. The highest BCUT2D eigenvalue weighted by Gasteiger charge is 2.29. The molecule has 2 N–H and O–H groups in total. The first-order valence-corrected chi connectivity index (χ1v) is 8.03. The lowest BCUT2D eigenvalue weighted by molar-refractivity contribution is 0.555. The van der Waals surface area contributed by atoms with Crippen molar-refractivity contribution in [1.82, 2.24) is 4.72 Å². The second-order valence-electron chi connectivity index (χ2n) is 4.65. The van der Waals surface area contributed by atoms with Crippen LogP contribution in [0.1, 0.15) is 5.56 Å². The van der Waals surface area contributed by atoms with Crippen LogP contribution in [0.25, 0.3) is 0 Å². The van der Waals surface area contributed by atoms with E-state index in [2.05, 4.69) is 10.0 Å². The average molecular weight is 309 g/mol. The van der Waals surface area contributed by atoms with Crippen LogP contribution in [0.2, 0.25) is 5.02 Å². The van der Waals surface area contributed by atoms with E-state index in [0.717, 1.165) is 5.56 Å². The minimum absolute atomic E-state index is 0.189. The fourth-order valence-electron chi connectivity index (χ4n) is 2.25. The number of hydrogen-bond donors (Lipinski definition) is 2. The van der Waals surface area contributed by atoms with Gasteiger partial charge in [0.25, 0.3) is 0 Å². The molecular formula is C14H13ClN2O2S. The molecule has 0 bridgehead atoms. The van der Waals surface area contributed by atoms with Crippen LogP contribution < -0.4 is 10.0 Å². The van der Waals surface area contributed by atoms with Gasteiger partial charge in [0.2, 0.25) is 10.0 Å². The minimum Gasteiger partial charge on any atom is -0.368 e. The summed E-state index contributed by atoms with van der Waals surface area (Å²) in [6.07, 6.45) is 0.207. The van der Waals surface area contributed by atoms with Gasteiger partial charge in [-0.15, -0.1) is 0 Å². The first-order chi connectivity index (χ1) is 9.54. The average Bonchev–Trinajstić information content (AvgIpc) is 2.40. The summed E-state index contributed by atoms with van der Waals surface area (Å²) in [7, 11) is -3.53. The largest absolute Gasteiger partial charge is 0.368 e. The Kier molecular flexibility index (Phi) is 3.41. The summed E-state index contributed by atoms with van der Waals surface area (Å²) >= 11 is 5.85. The van der Waals surface area contributed by atoms with E-state index < -0.39 is 10.0 Å². The standard InChI is InChI=1S/C14H13ClN2O2S/c15-11-6-7-12-13(9-11)20(18,19)17-14(16-12)8-10-4-2-1-3-5-10/h1-7,9,14,16-17H,8H2. The van der Waals surface area contributed by atoms with Crippen molar-refractivity contribution in [3.05, 3.63) is 59.1 Å². The molecule has 20 heavy (non-hydrogen) atoms. The molecule has 0 aromatic heterocycles. The van der Waals surface area contributed by atoms with Gasteiger partial charge in [-0.25, -0.2) is 8.42 Å². The SMILES string of the molecule is O=S1(=O)NC(Cc2ccccc2)Nc2ccc(Cl)cc21. The van der Waals surface area contributed by atoms with Crippen LogP contribution in [0, 0.1) is 0 Å². The highest BCUT2D eigenvalue weighted by Crippen LogP contribution is 2.29. The van der Waals surface area contributed by atoms with E-state index >= 15 is 0 Å². The second kappa shape index (κ2) is 5.09. The van der Waals surface area contributed by atoms with Gasteiger partial charge in [0.05, 0.1) is 11.9 Å². The monoisotopic (exact) mass is 308 g/mol. The minimum atomic E-state index is -3.53. The number of sulfonamides is 1. The molecule has 6 heteroatoms. The summed E-state index contributed by atoms with van der Waals surface area (Å²) in [6, 6.07) is 14.5. The third-order valence-corrected chi connectivity index (χ3v) is 4.89. The highest BCUT2D eigenvalue weighted by molar-refractivity contribution is 7.89. The van der Waals surface area contributed by atoms with Crippen molar-refractivity contribution in [3.63, 3.8) is 0 Å². The van der Waals surface area contributed by atoms with Crippen molar-refractivity contribution in [3.8, 4) is 0 Å². The smallest absolute Gasteiger partial charge is 0.244 e. The van der Waals surface area contributed by atoms with Crippen LogP contribution in [-0.2, 0) is 16.4 Å². The molecule has 3 rings (SSSR count). The molecule has 0 radical (unpaired) electrons. The predicted octanol–water partition coefficient (Wildman–Crippen LogP) is 2.61. The van der Waals surface area contributed by atoms with E-state index in [0.29, 0.717) is 17.1 Å². The molecule has 0 spiro atoms. The Bertz CT molecular complexity index is 732. The van der Waals surface area contributed by atoms with E-state index in [4.69, 9.17) is 11.6 Å². The van der Waals surface area contributed by atoms with Gasteiger partial charge in [0.15, 0.2) is 0 Å². The van der Waals surface area contributed by atoms with Gasteiger partial charge in [-0.3, -0.25) is 0 Å². The van der Waals surface area contributed by atoms with Crippen LogP contribution >= 0.6 is 11.6 Å². The number of anilines is 1. The van der Waals surface area contributed by atoms with Crippen molar-refractivity contribution in [1.29, 1.82) is 0 Å². The van der Waals surface area contributed by atoms with Gasteiger partial charge < -0.3 is 5.32 Å². The lowest BCUT2D eigenvalue weighted by atomic mass is 10.1. The Hall–Kier alpha value is -1.56. The quantitative estimate of drug-likeness (QED) is 0.896. The van der Waals surface area contributed by atoms with Crippen LogP contribution in [0.15, 0.2) is 53.4 Å². The van der Waals surface area contributed by atoms with E-state index in [1.165, 1.54) is 6.07 Å². The summed E-state index contributed by atoms with van der Waals surface area (Å²) in [6.45, 7) is 0. The molecule has 0 fully saturated rings. The maximum atomic E-state index is 12.2. The molecule has 4 nitrogen and oxygen atoms in total. The van der Waals surface area contributed by atoms with Gasteiger partial charge in [-0.05, 0) is 23.8 Å². The maximum absolute atomic E-state index is 12.2. The van der Waals surface area contributed by atoms with Gasteiger partial charge >= 0.3 is 0 Å². The van der Waals surface area contributed by atoms with Crippen LogP contribution in [0.4, 0.5) is 5.69 Å². The number of rotatable bonds is 2. The molecule has 0 saturated carbocycles. The fourth-order valence-corrected chi connectivity index (χ4v) is 3.83. The molecular weight excluding hydrogens is 296 g/mol. The zero-order chi connectivity index (χ0) is 14.2. The second-order valence-corrected chi connectivity index (χ2v) is 6.77. The first-order valence-electron chi connectivity index (χ1n) is 6.17. The van der Waals surface area contributed by atoms with Gasteiger partial charge in [0.1, 0.15) is 4.90 Å². The number of benzene rings is 2. The molecule has 0 saturated heterocycles. The maximum Gasteiger partial charge on any atom is 0.244 e. The van der Waals surface area contributed by atoms with Crippen molar-refractivity contribution in [2.45, 2.75) is 17.5 Å². The van der Waals surface area contributed by atoms with Crippen molar-refractivity contribution in [2.75, 3.05) is 5.32 Å². The molecule has 0 amide bonds. The van der Waals surface area contributed by atoms with E-state index in [1.807, 2.05) is 30.3 Å². The van der Waals surface area contributed by atoms with Crippen LogP contribution in [-0.4, -0.2) is 14.6 Å². The molecule has 1 atom stereocenters. The first kappa shape index (κ1) is 13.4. The third kappa shape index (κ3) is 2.65. The molecule has 2 aromatic rings. The molecule has 1 aliphatic rings. The number of nitrogens with one attached hydrogen (secondary N) is 2. The van der Waals surface area contributed by atoms with E-state index in [9.17, 15) is 8.42 Å². The fraction of sp³-hybridized carbons (Fsp3) is 0.143. The molecule has 1 heterocycles. The van der Waals surface area contributed by atoms with Crippen molar-refractivity contribution in [2.24, 2.45) is 0 Å². The summed E-state index contributed by atoms with van der Waals surface area (Å²) in [5.74, 6) is 0. The lowest BCUT2D eigenvalue weighted by Crippen LogP contribution is -2.45. The summed E-state index contributed by atoms with van der Waals surface area (Å²) in [4.78, 5) is 0.189. The number of hydrogen-bond acceptors (Lipinski definition) is 3.